The Bertz CT molecular complexity index is 451. The van der Waals surface area contributed by atoms with Crippen molar-refractivity contribution in [2.24, 2.45) is 0 Å². The van der Waals surface area contributed by atoms with Gasteiger partial charge in [0.25, 0.3) is 0 Å². The zero-order valence-corrected chi connectivity index (χ0v) is 9.56. The van der Waals surface area contributed by atoms with Gasteiger partial charge < -0.3 is 0 Å². The molecule has 1 aliphatic rings. The normalized spacial score (nSPS) is 15.8. The minimum atomic E-state index is -0.611. The maximum atomic E-state index is 13.6. The molecule has 0 aromatic heterocycles. The van der Waals surface area contributed by atoms with Crippen LogP contribution in [0.4, 0.5) is 4.39 Å². The fourth-order valence-corrected chi connectivity index (χ4v) is 2.07. The van der Waals surface area contributed by atoms with E-state index in [1.807, 2.05) is 6.08 Å². The minimum absolute atomic E-state index is 0.00209. The second-order valence-electron chi connectivity index (χ2n) is 3.91. The number of allylic oxidation sites excluding steroid dienone is 2. The summed E-state index contributed by atoms with van der Waals surface area (Å²) in [6, 6.07) is 4.53. The maximum Gasteiger partial charge on any atom is 0.191 e. The first-order valence-corrected chi connectivity index (χ1v) is 5.75. The van der Waals surface area contributed by atoms with Crippen LogP contribution in [0.1, 0.15) is 36.0 Å². The Balaban J connectivity index is 2.33. The second kappa shape index (κ2) is 4.79. The third kappa shape index (κ3) is 2.17. The lowest BCUT2D eigenvalue weighted by molar-refractivity contribution is 0.102. The van der Waals surface area contributed by atoms with Gasteiger partial charge in [0.05, 0.1) is 10.6 Å². The number of Topliss-reactive ketones (excluding diaryl/α,β-unsaturated/α-hetero) is 1. The topological polar surface area (TPSA) is 17.1 Å². The van der Waals surface area contributed by atoms with Crippen LogP contribution >= 0.6 is 11.6 Å². The molecule has 1 aromatic rings. The van der Waals surface area contributed by atoms with Crippen molar-refractivity contribution >= 4 is 17.4 Å². The van der Waals surface area contributed by atoms with Crippen molar-refractivity contribution in [1.82, 2.24) is 0 Å². The van der Waals surface area contributed by atoms with Gasteiger partial charge in [0.1, 0.15) is 0 Å². The zero-order chi connectivity index (χ0) is 11.5. The van der Waals surface area contributed by atoms with Gasteiger partial charge in [-0.25, -0.2) is 4.39 Å². The van der Waals surface area contributed by atoms with Crippen LogP contribution in [0, 0.1) is 5.82 Å². The van der Waals surface area contributed by atoms with Crippen molar-refractivity contribution in [3.63, 3.8) is 0 Å². The van der Waals surface area contributed by atoms with Gasteiger partial charge in [-0.05, 0) is 43.4 Å². The smallest absolute Gasteiger partial charge is 0.191 e. The molecule has 16 heavy (non-hydrogen) atoms. The van der Waals surface area contributed by atoms with E-state index >= 15 is 0 Å². The predicted octanol–water partition coefficient (Wildman–Crippen LogP) is 4.16. The Morgan fingerprint density at radius 2 is 2.12 bits per heavy atom. The van der Waals surface area contributed by atoms with Crippen LogP contribution in [0.15, 0.2) is 29.8 Å². The molecule has 2 rings (SSSR count). The lowest BCUT2D eigenvalue weighted by Gasteiger charge is -2.12. The van der Waals surface area contributed by atoms with E-state index in [9.17, 15) is 9.18 Å². The molecule has 0 amide bonds. The highest BCUT2D eigenvalue weighted by molar-refractivity contribution is 6.31. The van der Waals surface area contributed by atoms with Crippen molar-refractivity contribution in [2.75, 3.05) is 0 Å². The van der Waals surface area contributed by atoms with Gasteiger partial charge in [-0.3, -0.25) is 4.79 Å². The molecule has 1 nitrogen and oxygen atoms in total. The van der Waals surface area contributed by atoms with Gasteiger partial charge in [-0.1, -0.05) is 23.7 Å². The Morgan fingerprint density at radius 3 is 2.81 bits per heavy atom. The van der Waals surface area contributed by atoms with Crippen molar-refractivity contribution in [1.29, 1.82) is 0 Å². The summed E-state index contributed by atoms with van der Waals surface area (Å²) in [5.74, 6) is -0.833. The Labute approximate surface area is 98.9 Å². The molecule has 0 heterocycles. The van der Waals surface area contributed by atoms with Gasteiger partial charge in [0.15, 0.2) is 11.6 Å². The molecular formula is C13H12ClFO. The van der Waals surface area contributed by atoms with E-state index < -0.39 is 5.82 Å². The zero-order valence-electron chi connectivity index (χ0n) is 8.80. The van der Waals surface area contributed by atoms with Crippen LogP contribution in [-0.2, 0) is 0 Å². The van der Waals surface area contributed by atoms with Gasteiger partial charge >= 0.3 is 0 Å². The number of carbonyl (C=O) groups excluding carboxylic acids is 1. The summed E-state index contributed by atoms with van der Waals surface area (Å²) in [4.78, 5) is 12.0. The molecule has 1 aromatic carbocycles. The standard InChI is InChI=1S/C13H12ClFO/c14-11-8-4-7-10(12(11)15)13(16)9-5-2-1-3-6-9/h4-5,7-8H,1-3,6H2. The molecule has 0 N–H and O–H groups in total. The van der Waals surface area contributed by atoms with E-state index in [0.717, 1.165) is 25.7 Å². The summed E-state index contributed by atoms with van der Waals surface area (Å²) < 4.78 is 13.6. The van der Waals surface area contributed by atoms with Crippen LogP contribution in [0.25, 0.3) is 0 Å². The van der Waals surface area contributed by atoms with Crippen molar-refractivity contribution in [3.05, 3.63) is 46.3 Å². The van der Waals surface area contributed by atoms with Crippen LogP contribution < -0.4 is 0 Å². The molecule has 0 spiro atoms. The summed E-state index contributed by atoms with van der Waals surface area (Å²) >= 11 is 5.65. The number of ketones is 1. The number of hydrogen-bond acceptors (Lipinski definition) is 1. The molecule has 0 saturated heterocycles. The van der Waals surface area contributed by atoms with E-state index in [4.69, 9.17) is 11.6 Å². The summed E-state index contributed by atoms with van der Waals surface area (Å²) in [5.41, 5.74) is 0.799. The SMILES string of the molecule is O=C(C1=CCCCC1)c1cccc(Cl)c1F. The van der Waals surface area contributed by atoms with Crippen LogP contribution in [-0.4, -0.2) is 5.78 Å². The molecule has 0 aliphatic heterocycles. The molecule has 0 saturated carbocycles. The molecule has 0 bridgehead atoms. The molecule has 0 atom stereocenters. The van der Waals surface area contributed by atoms with E-state index in [0.29, 0.717) is 5.57 Å². The van der Waals surface area contributed by atoms with Crippen molar-refractivity contribution < 1.29 is 9.18 Å². The number of carbonyl (C=O) groups is 1. The quantitative estimate of drug-likeness (QED) is 0.707. The summed E-state index contributed by atoms with van der Waals surface area (Å²) in [6.45, 7) is 0. The van der Waals surface area contributed by atoms with Crippen molar-refractivity contribution in [3.8, 4) is 0 Å². The molecule has 0 fully saturated rings. The average Bonchev–Trinajstić information content (AvgIpc) is 2.33. The summed E-state index contributed by atoms with van der Waals surface area (Å²) in [6.07, 6.45) is 5.66. The minimum Gasteiger partial charge on any atom is -0.289 e. The number of hydrogen-bond donors (Lipinski definition) is 0. The third-order valence-corrected chi connectivity index (χ3v) is 3.07. The third-order valence-electron chi connectivity index (χ3n) is 2.78. The second-order valence-corrected chi connectivity index (χ2v) is 4.31. The molecule has 1 aliphatic carbocycles. The average molecular weight is 239 g/mol. The highest BCUT2D eigenvalue weighted by Gasteiger charge is 2.18. The lowest BCUT2D eigenvalue weighted by Crippen LogP contribution is -2.08. The largest absolute Gasteiger partial charge is 0.289 e. The van der Waals surface area contributed by atoms with E-state index in [1.165, 1.54) is 12.1 Å². The highest BCUT2D eigenvalue weighted by atomic mass is 35.5. The number of rotatable bonds is 2. The van der Waals surface area contributed by atoms with E-state index in [1.54, 1.807) is 6.07 Å². The predicted molar refractivity (Wildman–Crippen MR) is 62.3 cm³/mol. The fraction of sp³-hybridized carbons (Fsp3) is 0.308. The fourth-order valence-electron chi connectivity index (χ4n) is 1.90. The van der Waals surface area contributed by atoms with Gasteiger partial charge in [-0.15, -0.1) is 0 Å². The first kappa shape index (κ1) is 11.3. The lowest BCUT2D eigenvalue weighted by atomic mass is 9.93. The molecular weight excluding hydrogens is 227 g/mol. The molecule has 0 radical (unpaired) electrons. The maximum absolute atomic E-state index is 13.6. The first-order valence-electron chi connectivity index (χ1n) is 5.38. The Hall–Kier alpha value is -1.15. The molecule has 3 heteroatoms. The van der Waals surface area contributed by atoms with Crippen LogP contribution in [0.5, 0.6) is 0 Å². The van der Waals surface area contributed by atoms with E-state index in [-0.39, 0.29) is 16.4 Å². The monoisotopic (exact) mass is 238 g/mol. The highest BCUT2D eigenvalue weighted by Crippen LogP contribution is 2.25. The molecule has 84 valence electrons. The Morgan fingerprint density at radius 1 is 1.31 bits per heavy atom. The van der Waals surface area contributed by atoms with Crippen molar-refractivity contribution in [2.45, 2.75) is 25.7 Å². The number of halogens is 2. The summed E-state index contributed by atoms with van der Waals surface area (Å²) in [5, 5.41) is 0.00209. The summed E-state index contributed by atoms with van der Waals surface area (Å²) in [7, 11) is 0. The van der Waals surface area contributed by atoms with Gasteiger partial charge in [0, 0.05) is 0 Å². The molecule has 0 unspecified atom stereocenters. The van der Waals surface area contributed by atoms with Gasteiger partial charge in [-0.2, -0.15) is 0 Å². The van der Waals surface area contributed by atoms with Crippen LogP contribution in [0.2, 0.25) is 5.02 Å². The van der Waals surface area contributed by atoms with E-state index in [2.05, 4.69) is 0 Å². The Kier molecular flexibility index (Phi) is 3.39. The van der Waals surface area contributed by atoms with Crippen LogP contribution in [0.3, 0.4) is 0 Å². The van der Waals surface area contributed by atoms with Gasteiger partial charge in [0.2, 0.25) is 0 Å². The number of benzene rings is 1. The first-order chi connectivity index (χ1) is 7.70.